The minimum Gasteiger partial charge on any atom is -0.381 e. The van der Waals surface area contributed by atoms with Crippen LogP contribution in [0.5, 0.6) is 0 Å². The Balaban J connectivity index is 2.17. The van der Waals surface area contributed by atoms with E-state index in [9.17, 15) is 0 Å². The molecule has 2 rings (SSSR count). The molecule has 1 saturated heterocycles. The quantitative estimate of drug-likeness (QED) is 0.745. The molecule has 0 aliphatic carbocycles. The summed E-state index contributed by atoms with van der Waals surface area (Å²) >= 11 is 0. The summed E-state index contributed by atoms with van der Waals surface area (Å²) in [6, 6.07) is 1.93. The van der Waals surface area contributed by atoms with Crippen molar-refractivity contribution in [3.05, 3.63) is 24.4 Å². The third-order valence-corrected chi connectivity index (χ3v) is 2.54. The molecule has 86 valence electrons. The molecule has 1 atom stereocenters. The van der Waals surface area contributed by atoms with Crippen molar-refractivity contribution >= 4 is 11.8 Å². The maximum Gasteiger partial charge on any atom is 0.222 e. The van der Waals surface area contributed by atoms with Gasteiger partial charge in [-0.3, -0.25) is 0 Å². The van der Waals surface area contributed by atoms with E-state index in [1.807, 2.05) is 6.07 Å². The maximum absolute atomic E-state index is 5.67. The molecule has 1 fully saturated rings. The van der Waals surface area contributed by atoms with Crippen molar-refractivity contribution in [1.29, 1.82) is 0 Å². The molecular weight excluding hydrogens is 204 g/mol. The molecule has 0 bridgehead atoms. The first-order valence-corrected chi connectivity index (χ1v) is 5.36. The first-order chi connectivity index (χ1) is 7.79. The van der Waals surface area contributed by atoms with E-state index >= 15 is 0 Å². The van der Waals surface area contributed by atoms with Gasteiger partial charge in [0.1, 0.15) is 5.82 Å². The number of ether oxygens (including phenoxy) is 1. The summed E-state index contributed by atoms with van der Waals surface area (Å²) in [6.45, 7) is 5.82. The van der Waals surface area contributed by atoms with Crippen LogP contribution in [0.2, 0.25) is 0 Å². The van der Waals surface area contributed by atoms with E-state index in [4.69, 9.17) is 10.5 Å². The zero-order valence-electron chi connectivity index (χ0n) is 9.15. The molecule has 16 heavy (non-hydrogen) atoms. The highest BCUT2D eigenvalue weighted by Crippen LogP contribution is 2.25. The lowest BCUT2D eigenvalue weighted by molar-refractivity contribution is 0.193. The van der Waals surface area contributed by atoms with Crippen LogP contribution in [0.1, 0.15) is 18.0 Å². The van der Waals surface area contributed by atoms with E-state index < -0.39 is 0 Å². The zero-order valence-corrected chi connectivity index (χ0v) is 9.15. The maximum atomic E-state index is 5.67. The van der Waals surface area contributed by atoms with Crippen molar-refractivity contribution in [2.75, 3.05) is 30.8 Å². The lowest BCUT2D eigenvalue weighted by Crippen LogP contribution is -2.09. The van der Waals surface area contributed by atoms with Crippen molar-refractivity contribution in [2.45, 2.75) is 12.3 Å². The molecule has 1 aliphatic rings. The summed E-state index contributed by atoms with van der Waals surface area (Å²) in [6.07, 6.45) is 2.77. The van der Waals surface area contributed by atoms with E-state index in [1.54, 1.807) is 6.08 Å². The SMILES string of the molecule is C=CCNc1cc([C@@H]2CCOC2)nc(N)n1. The Bertz CT molecular complexity index is 374. The van der Waals surface area contributed by atoms with Gasteiger partial charge in [0, 0.05) is 25.1 Å². The summed E-state index contributed by atoms with van der Waals surface area (Å²) in [4.78, 5) is 8.35. The summed E-state index contributed by atoms with van der Waals surface area (Å²) in [7, 11) is 0. The highest BCUT2D eigenvalue weighted by atomic mass is 16.5. The zero-order chi connectivity index (χ0) is 11.4. The number of anilines is 2. The Morgan fingerprint density at radius 1 is 1.62 bits per heavy atom. The van der Waals surface area contributed by atoms with E-state index in [-0.39, 0.29) is 0 Å². The summed E-state index contributed by atoms with van der Waals surface area (Å²) < 4.78 is 5.33. The van der Waals surface area contributed by atoms with Gasteiger partial charge in [0.2, 0.25) is 5.95 Å². The Labute approximate surface area is 94.7 Å². The molecule has 3 N–H and O–H groups in total. The number of nitrogens with zero attached hydrogens (tertiary/aromatic N) is 2. The van der Waals surface area contributed by atoms with Gasteiger partial charge in [-0.15, -0.1) is 6.58 Å². The normalized spacial score (nSPS) is 19.6. The first kappa shape index (κ1) is 10.9. The summed E-state index contributed by atoms with van der Waals surface area (Å²) in [5.41, 5.74) is 6.63. The fourth-order valence-electron chi connectivity index (χ4n) is 1.73. The van der Waals surface area contributed by atoms with Crippen molar-refractivity contribution in [2.24, 2.45) is 0 Å². The molecule has 0 amide bonds. The fraction of sp³-hybridized carbons (Fsp3) is 0.455. The molecule has 0 aromatic carbocycles. The van der Waals surface area contributed by atoms with Crippen LogP contribution < -0.4 is 11.1 Å². The molecule has 1 aromatic heterocycles. The van der Waals surface area contributed by atoms with Crippen LogP contribution in [0.4, 0.5) is 11.8 Å². The van der Waals surface area contributed by atoms with Gasteiger partial charge in [0.15, 0.2) is 0 Å². The first-order valence-electron chi connectivity index (χ1n) is 5.36. The number of nitrogens with one attached hydrogen (secondary N) is 1. The van der Waals surface area contributed by atoms with Crippen LogP contribution >= 0.6 is 0 Å². The molecule has 0 saturated carbocycles. The highest BCUT2D eigenvalue weighted by Gasteiger charge is 2.20. The van der Waals surface area contributed by atoms with E-state index in [0.717, 1.165) is 31.1 Å². The number of rotatable bonds is 4. The predicted octanol–water partition coefficient (Wildman–Crippen LogP) is 1.16. The van der Waals surface area contributed by atoms with Gasteiger partial charge < -0.3 is 15.8 Å². The third kappa shape index (κ3) is 2.49. The van der Waals surface area contributed by atoms with Gasteiger partial charge in [-0.05, 0) is 6.42 Å². The van der Waals surface area contributed by atoms with Crippen molar-refractivity contribution in [3.63, 3.8) is 0 Å². The van der Waals surface area contributed by atoms with Gasteiger partial charge in [-0.1, -0.05) is 6.08 Å². The predicted molar refractivity (Wildman–Crippen MR) is 63.3 cm³/mol. The number of hydrogen-bond donors (Lipinski definition) is 2. The van der Waals surface area contributed by atoms with Gasteiger partial charge in [-0.25, -0.2) is 4.98 Å². The molecule has 0 spiro atoms. The average Bonchev–Trinajstić information content (AvgIpc) is 2.79. The van der Waals surface area contributed by atoms with Crippen molar-refractivity contribution < 1.29 is 4.74 Å². The molecular formula is C11H16N4O. The number of nitrogens with two attached hydrogens (primary N) is 1. The number of nitrogen functional groups attached to an aromatic ring is 1. The molecule has 1 aromatic rings. The average molecular weight is 220 g/mol. The summed E-state index contributed by atoms with van der Waals surface area (Å²) in [5, 5.41) is 3.11. The van der Waals surface area contributed by atoms with Crippen LogP contribution in [0, 0.1) is 0 Å². The molecule has 0 radical (unpaired) electrons. The second kappa shape index (κ2) is 4.94. The van der Waals surface area contributed by atoms with Crippen LogP contribution in [-0.2, 0) is 4.74 Å². The second-order valence-corrected chi connectivity index (χ2v) is 3.77. The lowest BCUT2D eigenvalue weighted by Gasteiger charge is -2.10. The largest absolute Gasteiger partial charge is 0.381 e. The monoisotopic (exact) mass is 220 g/mol. The Hall–Kier alpha value is -1.62. The van der Waals surface area contributed by atoms with Gasteiger partial charge in [0.25, 0.3) is 0 Å². The molecule has 0 unspecified atom stereocenters. The van der Waals surface area contributed by atoms with Gasteiger partial charge in [-0.2, -0.15) is 4.98 Å². The van der Waals surface area contributed by atoms with Crippen LogP contribution in [0.25, 0.3) is 0 Å². The smallest absolute Gasteiger partial charge is 0.222 e. The van der Waals surface area contributed by atoms with Gasteiger partial charge in [0.05, 0.1) is 12.3 Å². The van der Waals surface area contributed by atoms with Crippen LogP contribution in [0.3, 0.4) is 0 Å². The Kier molecular flexibility index (Phi) is 3.36. The van der Waals surface area contributed by atoms with E-state index in [1.165, 1.54) is 0 Å². The standard InChI is InChI=1S/C11H16N4O/c1-2-4-13-10-6-9(14-11(12)15-10)8-3-5-16-7-8/h2,6,8H,1,3-5,7H2,(H3,12,13,14,15)/t8-/m1/s1. The number of aromatic nitrogens is 2. The van der Waals surface area contributed by atoms with E-state index in [0.29, 0.717) is 18.4 Å². The van der Waals surface area contributed by atoms with Crippen molar-refractivity contribution in [3.8, 4) is 0 Å². The van der Waals surface area contributed by atoms with Crippen molar-refractivity contribution in [1.82, 2.24) is 9.97 Å². The molecule has 5 nitrogen and oxygen atoms in total. The number of hydrogen-bond acceptors (Lipinski definition) is 5. The second-order valence-electron chi connectivity index (χ2n) is 3.77. The lowest BCUT2D eigenvalue weighted by atomic mass is 10.0. The minimum atomic E-state index is 0.302. The fourth-order valence-corrected chi connectivity index (χ4v) is 1.73. The molecule has 2 heterocycles. The Morgan fingerprint density at radius 3 is 3.19 bits per heavy atom. The molecule has 1 aliphatic heterocycles. The summed E-state index contributed by atoms with van der Waals surface area (Å²) in [5.74, 6) is 1.39. The topological polar surface area (TPSA) is 73.1 Å². The minimum absolute atomic E-state index is 0.302. The Morgan fingerprint density at radius 2 is 2.50 bits per heavy atom. The third-order valence-electron chi connectivity index (χ3n) is 2.54. The van der Waals surface area contributed by atoms with Crippen LogP contribution in [0.15, 0.2) is 18.7 Å². The van der Waals surface area contributed by atoms with E-state index in [2.05, 4.69) is 21.9 Å². The van der Waals surface area contributed by atoms with Gasteiger partial charge >= 0.3 is 0 Å². The molecule has 5 heteroatoms. The van der Waals surface area contributed by atoms with Crippen LogP contribution in [-0.4, -0.2) is 29.7 Å². The highest BCUT2D eigenvalue weighted by molar-refractivity contribution is 5.42.